The van der Waals surface area contributed by atoms with Crippen LogP contribution in [0.3, 0.4) is 0 Å². The van der Waals surface area contributed by atoms with E-state index in [1.165, 1.54) is 60.6 Å². The number of hydrogen-bond donors (Lipinski definition) is 0. The molecule has 26 heavy (non-hydrogen) atoms. The molecule has 1 fully saturated rings. The fourth-order valence-electron chi connectivity index (χ4n) is 4.93. The molecule has 1 aliphatic carbocycles. The number of rotatable bonds is 2. The monoisotopic (exact) mass is 350 g/mol. The number of imidazole rings is 1. The minimum absolute atomic E-state index is 0.0204. The Kier molecular flexibility index (Phi) is 4.03. The summed E-state index contributed by atoms with van der Waals surface area (Å²) in [5, 5.41) is 0. The molecule has 0 saturated heterocycles. The molecule has 1 aromatic carbocycles. The van der Waals surface area contributed by atoms with Crippen molar-refractivity contribution in [2.24, 2.45) is 5.92 Å². The Balaban J connectivity index is 1.97. The van der Waals surface area contributed by atoms with Crippen molar-refractivity contribution in [3.05, 3.63) is 53.1 Å². The van der Waals surface area contributed by atoms with E-state index in [0.29, 0.717) is 5.92 Å². The predicted octanol–water partition coefficient (Wildman–Crippen LogP) is 5.83. The van der Waals surface area contributed by atoms with E-state index in [4.69, 9.17) is 0 Å². The molecular weight excluding hydrogens is 316 g/mol. The quantitative estimate of drug-likeness (QED) is 0.603. The summed E-state index contributed by atoms with van der Waals surface area (Å²) in [6.45, 7) is 11.2. The maximum atomic E-state index is 9.51. The molecule has 138 valence electrons. The highest BCUT2D eigenvalue weighted by Crippen LogP contribution is 2.42. The first-order valence-electron chi connectivity index (χ1n) is 10.7. The second kappa shape index (κ2) is 6.40. The standard InChI is InChI=1S/C24H33N2/c1-17-11-9-10-14-21(17)26-18(2)22-20(19-12-7-6-8-13-19)15-16-25(22)23(26)24(3,4)5/h9-11,14-16,19-20H,6-8,12-13H2,1-5H3/q+1/i20D. The molecule has 0 N–H and O–H groups in total. The highest BCUT2D eigenvalue weighted by molar-refractivity contribution is 5.46. The lowest BCUT2D eigenvalue weighted by Crippen LogP contribution is -2.43. The van der Waals surface area contributed by atoms with Gasteiger partial charge in [0.2, 0.25) is 0 Å². The van der Waals surface area contributed by atoms with Crippen molar-refractivity contribution in [3.63, 3.8) is 0 Å². The molecule has 2 nitrogen and oxygen atoms in total. The minimum atomic E-state index is -0.599. The number of allylic oxidation sites excluding steroid dienone is 1. The molecule has 0 amide bonds. The topological polar surface area (TPSA) is 8.81 Å². The van der Waals surface area contributed by atoms with E-state index >= 15 is 0 Å². The summed E-state index contributed by atoms with van der Waals surface area (Å²) < 4.78 is 14.3. The molecule has 2 heterocycles. The average molecular weight is 351 g/mol. The number of aryl methyl sites for hydroxylation is 1. The van der Waals surface area contributed by atoms with E-state index in [1.54, 1.807) is 0 Å². The maximum absolute atomic E-state index is 9.51. The normalized spacial score (nSPS) is 24.0. The summed E-state index contributed by atoms with van der Waals surface area (Å²) >= 11 is 0. The van der Waals surface area contributed by atoms with E-state index in [1.807, 2.05) is 0 Å². The Labute approximate surface area is 160 Å². The van der Waals surface area contributed by atoms with E-state index in [2.05, 4.69) is 80.3 Å². The molecule has 0 spiro atoms. The Morgan fingerprint density at radius 2 is 1.77 bits per heavy atom. The number of benzene rings is 1. The van der Waals surface area contributed by atoms with Gasteiger partial charge in [-0.25, -0.2) is 4.57 Å². The number of nitrogens with zero attached hydrogens (tertiary/aromatic N) is 2. The average Bonchev–Trinajstić information content (AvgIpc) is 3.13. The van der Waals surface area contributed by atoms with Gasteiger partial charge in [-0.3, -0.25) is 0 Å². The van der Waals surface area contributed by atoms with Crippen LogP contribution in [0.15, 0.2) is 30.3 Å². The SMILES string of the molecule is [2H]C1(C2CCCCC2)C=Cn2c1c(C)[n+](-c1ccccc1C)c2C(C)(C)C. The van der Waals surface area contributed by atoms with Crippen LogP contribution in [0.1, 0.15) is 82.9 Å². The van der Waals surface area contributed by atoms with Crippen LogP contribution < -0.4 is 4.57 Å². The van der Waals surface area contributed by atoms with Gasteiger partial charge in [-0.05, 0) is 64.2 Å². The lowest BCUT2D eigenvalue weighted by Gasteiger charge is -2.25. The van der Waals surface area contributed by atoms with E-state index in [9.17, 15) is 1.37 Å². The molecule has 2 aromatic rings. The highest BCUT2D eigenvalue weighted by atomic mass is 15.2. The van der Waals surface area contributed by atoms with Crippen molar-refractivity contribution in [2.75, 3.05) is 0 Å². The Hall–Kier alpha value is -1.83. The second-order valence-corrected chi connectivity index (χ2v) is 9.11. The zero-order chi connectivity index (χ0) is 19.4. The third kappa shape index (κ3) is 2.74. The third-order valence-electron chi connectivity index (χ3n) is 6.11. The molecule has 0 radical (unpaired) electrons. The van der Waals surface area contributed by atoms with Crippen LogP contribution in [-0.4, -0.2) is 4.57 Å². The van der Waals surface area contributed by atoms with Crippen molar-refractivity contribution in [2.45, 2.75) is 78.0 Å². The summed E-state index contributed by atoms with van der Waals surface area (Å²) in [5.41, 5.74) is 4.90. The van der Waals surface area contributed by atoms with Gasteiger partial charge in [0.05, 0.1) is 11.6 Å². The molecule has 1 aromatic heterocycles. The Morgan fingerprint density at radius 1 is 1.08 bits per heavy atom. The van der Waals surface area contributed by atoms with Crippen LogP contribution in [0, 0.1) is 19.8 Å². The van der Waals surface area contributed by atoms with Gasteiger partial charge in [-0.1, -0.05) is 37.5 Å². The molecule has 0 bridgehead atoms. The molecule has 2 heteroatoms. The molecule has 2 aliphatic rings. The molecular formula is C24H33N2+. The van der Waals surface area contributed by atoms with Crippen molar-refractivity contribution in [3.8, 4) is 5.69 Å². The summed E-state index contributed by atoms with van der Waals surface area (Å²) in [7, 11) is 0. The number of hydrogen-bond acceptors (Lipinski definition) is 0. The van der Waals surface area contributed by atoms with Gasteiger partial charge in [0.1, 0.15) is 11.4 Å². The second-order valence-electron chi connectivity index (χ2n) is 9.11. The highest BCUT2D eigenvalue weighted by Gasteiger charge is 2.43. The van der Waals surface area contributed by atoms with Gasteiger partial charge in [0, 0.05) is 14.2 Å². The third-order valence-corrected chi connectivity index (χ3v) is 6.11. The molecule has 1 aliphatic heterocycles. The first-order chi connectivity index (χ1) is 12.7. The number of para-hydroxylation sites is 1. The zero-order valence-corrected chi connectivity index (χ0v) is 17.0. The lowest BCUT2D eigenvalue weighted by atomic mass is 9.79. The van der Waals surface area contributed by atoms with Crippen molar-refractivity contribution < 1.29 is 5.94 Å². The Bertz CT molecular complexity index is 894. The molecule has 1 unspecified atom stereocenters. The first-order valence-corrected chi connectivity index (χ1v) is 10.2. The number of fused-ring (bicyclic) bond motifs is 1. The predicted molar refractivity (Wildman–Crippen MR) is 109 cm³/mol. The molecule has 4 rings (SSSR count). The van der Waals surface area contributed by atoms with Gasteiger partial charge in [-0.2, -0.15) is 4.57 Å². The van der Waals surface area contributed by atoms with Crippen LogP contribution in [0.25, 0.3) is 11.9 Å². The zero-order valence-electron chi connectivity index (χ0n) is 18.0. The smallest absolute Gasteiger partial charge is 0.202 e. The van der Waals surface area contributed by atoms with Gasteiger partial charge in [0.25, 0.3) is 5.82 Å². The maximum Gasteiger partial charge on any atom is 0.272 e. The van der Waals surface area contributed by atoms with Crippen molar-refractivity contribution in [1.29, 1.82) is 0 Å². The van der Waals surface area contributed by atoms with Gasteiger partial charge < -0.3 is 0 Å². The first kappa shape index (κ1) is 16.4. The van der Waals surface area contributed by atoms with Crippen LogP contribution in [-0.2, 0) is 5.41 Å². The van der Waals surface area contributed by atoms with Crippen LogP contribution in [0.4, 0.5) is 0 Å². The summed E-state index contributed by atoms with van der Waals surface area (Å²) in [6, 6.07) is 8.62. The summed E-state index contributed by atoms with van der Waals surface area (Å²) in [5.74, 6) is 1.10. The van der Waals surface area contributed by atoms with E-state index in [0.717, 1.165) is 0 Å². The van der Waals surface area contributed by atoms with Gasteiger partial charge in [-0.15, -0.1) is 0 Å². The lowest BCUT2D eigenvalue weighted by molar-refractivity contribution is -0.614. The van der Waals surface area contributed by atoms with Crippen LogP contribution >= 0.6 is 0 Å². The van der Waals surface area contributed by atoms with E-state index in [-0.39, 0.29) is 5.41 Å². The largest absolute Gasteiger partial charge is 0.272 e. The van der Waals surface area contributed by atoms with Crippen LogP contribution in [0.5, 0.6) is 0 Å². The van der Waals surface area contributed by atoms with Gasteiger partial charge >= 0.3 is 0 Å². The van der Waals surface area contributed by atoms with Crippen molar-refractivity contribution >= 4 is 6.20 Å². The van der Waals surface area contributed by atoms with Gasteiger partial charge in [0.15, 0.2) is 5.69 Å². The fraction of sp³-hybridized carbons (Fsp3) is 0.542. The van der Waals surface area contributed by atoms with E-state index < -0.39 is 5.89 Å². The summed E-state index contributed by atoms with van der Waals surface area (Å²) in [4.78, 5) is 0. The van der Waals surface area contributed by atoms with Crippen LogP contribution in [0.2, 0.25) is 0 Å². The van der Waals surface area contributed by atoms with Crippen molar-refractivity contribution in [1.82, 2.24) is 4.57 Å². The molecule has 1 saturated carbocycles. The fourth-order valence-corrected chi connectivity index (χ4v) is 4.93. The minimum Gasteiger partial charge on any atom is -0.202 e. The summed E-state index contributed by atoms with van der Waals surface area (Å²) in [6.07, 6.45) is 10.6. The number of aromatic nitrogens is 2. The Morgan fingerprint density at radius 3 is 2.42 bits per heavy atom. The molecule has 1 atom stereocenters.